The number of hydrogen-bond donors (Lipinski definition) is 0. The lowest BCUT2D eigenvalue weighted by Crippen LogP contribution is -2.36. The lowest BCUT2D eigenvalue weighted by Gasteiger charge is -2.29. The van der Waals surface area contributed by atoms with Gasteiger partial charge in [-0.1, -0.05) is 29.3 Å². The van der Waals surface area contributed by atoms with Crippen LogP contribution in [-0.2, 0) is 22.4 Å². The van der Waals surface area contributed by atoms with Gasteiger partial charge in [-0.3, -0.25) is 0 Å². The predicted octanol–water partition coefficient (Wildman–Crippen LogP) is 4.34. The highest BCUT2D eigenvalue weighted by Crippen LogP contribution is 2.35. The van der Waals surface area contributed by atoms with Gasteiger partial charge in [-0.2, -0.15) is 0 Å². The van der Waals surface area contributed by atoms with Crippen LogP contribution in [0.2, 0.25) is 10.0 Å². The summed E-state index contributed by atoms with van der Waals surface area (Å²) in [5.41, 5.74) is 1.04. The summed E-state index contributed by atoms with van der Waals surface area (Å²) in [6, 6.07) is 5.58. The number of nitrogens with zero attached hydrogens (tertiary/aromatic N) is 2. The molecule has 0 bridgehead atoms. The Morgan fingerprint density at radius 2 is 1.96 bits per heavy atom. The van der Waals surface area contributed by atoms with Gasteiger partial charge in [0, 0.05) is 28.9 Å². The largest absolute Gasteiger partial charge is 0.342 e. The fourth-order valence-corrected chi connectivity index (χ4v) is 3.38. The van der Waals surface area contributed by atoms with Crippen molar-refractivity contribution in [3.63, 3.8) is 0 Å². The van der Waals surface area contributed by atoms with Crippen molar-refractivity contribution in [1.29, 1.82) is 0 Å². The van der Waals surface area contributed by atoms with Crippen LogP contribution in [0.5, 0.6) is 0 Å². The minimum absolute atomic E-state index is 0.0548. The number of benzene rings is 1. The minimum Gasteiger partial charge on any atom is -0.342 e. The maximum atomic E-state index is 6.28. The summed E-state index contributed by atoms with van der Waals surface area (Å²) in [6.07, 6.45) is 7.02. The Morgan fingerprint density at radius 1 is 1.22 bits per heavy atom. The third-order valence-corrected chi connectivity index (χ3v) is 4.82. The Balaban J connectivity index is 1.76. The molecule has 2 atom stereocenters. The van der Waals surface area contributed by atoms with Crippen molar-refractivity contribution in [2.24, 2.45) is 0 Å². The number of aryl methyl sites for hydroxylation is 1. The fourth-order valence-electron chi connectivity index (χ4n) is 2.88. The van der Waals surface area contributed by atoms with Crippen LogP contribution in [0.4, 0.5) is 0 Å². The average molecular weight is 355 g/mol. The van der Waals surface area contributed by atoms with Gasteiger partial charge in [-0.05, 0) is 38.0 Å². The van der Waals surface area contributed by atoms with E-state index in [2.05, 4.69) is 4.98 Å². The number of hydrogen-bond acceptors (Lipinski definition) is 3. The van der Waals surface area contributed by atoms with Crippen LogP contribution < -0.4 is 0 Å². The second-order valence-electron chi connectivity index (χ2n) is 6.03. The van der Waals surface area contributed by atoms with E-state index in [-0.39, 0.29) is 12.2 Å². The Labute approximate surface area is 146 Å². The molecule has 3 rings (SSSR count). The number of aromatic nitrogens is 2. The van der Waals surface area contributed by atoms with Gasteiger partial charge in [0.05, 0.1) is 25.1 Å². The second kappa shape index (κ2) is 6.81. The van der Waals surface area contributed by atoms with Gasteiger partial charge >= 0.3 is 0 Å². The monoisotopic (exact) mass is 354 g/mol. The van der Waals surface area contributed by atoms with Crippen molar-refractivity contribution in [1.82, 2.24) is 9.55 Å². The number of ether oxygens (including phenoxy) is 2. The molecule has 4 nitrogen and oxygen atoms in total. The van der Waals surface area contributed by atoms with Crippen LogP contribution in [0.3, 0.4) is 0 Å². The maximum absolute atomic E-state index is 6.28. The first-order valence-electron chi connectivity index (χ1n) is 7.73. The van der Waals surface area contributed by atoms with E-state index >= 15 is 0 Å². The van der Waals surface area contributed by atoms with Gasteiger partial charge in [-0.15, -0.1) is 0 Å². The van der Waals surface area contributed by atoms with E-state index in [4.69, 9.17) is 32.7 Å². The minimum atomic E-state index is -0.664. The van der Waals surface area contributed by atoms with E-state index in [9.17, 15) is 0 Å². The molecule has 0 amide bonds. The zero-order chi connectivity index (χ0) is 16.4. The zero-order valence-electron chi connectivity index (χ0n) is 13.2. The summed E-state index contributed by atoms with van der Waals surface area (Å²) in [5, 5.41) is 1.32. The summed E-state index contributed by atoms with van der Waals surface area (Å²) < 4.78 is 14.3. The topological polar surface area (TPSA) is 36.3 Å². The molecule has 0 radical (unpaired) electrons. The molecular formula is C17H20Cl2N2O2. The van der Waals surface area contributed by atoms with E-state index in [0.717, 1.165) is 12.0 Å². The molecular weight excluding hydrogens is 335 g/mol. The summed E-state index contributed by atoms with van der Waals surface area (Å²) in [6.45, 7) is 4.68. The van der Waals surface area contributed by atoms with Crippen LogP contribution in [-0.4, -0.2) is 27.5 Å². The molecule has 1 aliphatic heterocycles. The Bertz CT molecular complexity index is 651. The molecule has 1 fully saturated rings. The van der Waals surface area contributed by atoms with Crippen LogP contribution in [0.15, 0.2) is 36.9 Å². The maximum Gasteiger partial charge on any atom is 0.187 e. The lowest BCUT2D eigenvalue weighted by atomic mass is 10.0. The molecule has 1 aromatic carbocycles. The number of imidazole rings is 1. The number of halogens is 2. The van der Waals surface area contributed by atoms with E-state index in [1.807, 2.05) is 36.7 Å². The highest BCUT2D eigenvalue weighted by atomic mass is 35.5. The van der Waals surface area contributed by atoms with Gasteiger partial charge < -0.3 is 14.0 Å². The molecule has 2 heterocycles. The van der Waals surface area contributed by atoms with E-state index < -0.39 is 5.79 Å². The molecule has 6 heteroatoms. The van der Waals surface area contributed by atoms with Crippen LogP contribution in [0.1, 0.15) is 25.8 Å². The molecule has 1 aromatic heterocycles. The molecule has 1 aliphatic rings. The van der Waals surface area contributed by atoms with Crippen molar-refractivity contribution in [3.8, 4) is 0 Å². The molecule has 2 aromatic rings. The molecule has 0 spiro atoms. The van der Waals surface area contributed by atoms with Crippen molar-refractivity contribution >= 4 is 23.2 Å². The second-order valence-corrected chi connectivity index (χ2v) is 6.87. The standard InChI is InChI=1S/C17H20Cl2N2O2/c1-12-13(2)23-17(22-12,10-21-8-7-20-11-21)6-5-14-3-4-15(18)9-16(14)19/h3-4,7-9,11-13H,5-6,10H2,1-2H3. The Morgan fingerprint density at radius 3 is 2.57 bits per heavy atom. The SMILES string of the molecule is CC1OC(CCc2ccc(Cl)cc2Cl)(Cn2ccnc2)OC1C. The highest BCUT2D eigenvalue weighted by molar-refractivity contribution is 6.35. The van der Waals surface area contributed by atoms with Gasteiger partial charge in [-0.25, -0.2) is 4.98 Å². The first-order valence-corrected chi connectivity index (χ1v) is 8.48. The summed E-state index contributed by atoms with van der Waals surface area (Å²) in [5.74, 6) is -0.664. The molecule has 0 N–H and O–H groups in total. The van der Waals surface area contributed by atoms with Crippen LogP contribution in [0, 0.1) is 0 Å². The fraction of sp³-hybridized carbons (Fsp3) is 0.471. The summed E-state index contributed by atoms with van der Waals surface area (Å²) >= 11 is 12.2. The molecule has 0 saturated carbocycles. The van der Waals surface area contributed by atoms with Gasteiger partial charge in [0.25, 0.3) is 0 Å². The molecule has 23 heavy (non-hydrogen) atoms. The highest BCUT2D eigenvalue weighted by Gasteiger charge is 2.44. The van der Waals surface area contributed by atoms with E-state index in [0.29, 0.717) is 23.0 Å². The van der Waals surface area contributed by atoms with Crippen molar-refractivity contribution in [3.05, 3.63) is 52.5 Å². The average Bonchev–Trinajstić information content (AvgIpc) is 3.07. The van der Waals surface area contributed by atoms with Gasteiger partial charge in [0.2, 0.25) is 0 Å². The molecule has 0 aliphatic carbocycles. The van der Waals surface area contributed by atoms with Crippen LogP contribution in [0.25, 0.3) is 0 Å². The molecule has 2 unspecified atom stereocenters. The van der Waals surface area contributed by atoms with Crippen LogP contribution >= 0.6 is 23.2 Å². The summed E-state index contributed by atoms with van der Waals surface area (Å²) in [7, 11) is 0. The first-order chi connectivity index (χ1) is 11.0. The van der Waals surface area contributed by atoms with Crippen molar-refractivity contribution < 1.29 is 9.47 Å². The van der Waals surface area contributed by atoms with E-state index in [1.54, 1.807) is 18.6 Å². The third-order valence-electron chi connectivity index (χ3n) is 4.24. The van der Waals surface area contributed by atoms with Gasteiger partial charge in [0.15, 0.2) is 5.79 Å². The predicted molar refractivity (Wildman–Crippen MR) is 90.8 cm³/mol. The van der Waals surface area contributed by atoms with E-state index in [1.165, 1.54) is 0 Å². The molecule has 124 valence electrons. The zero-order valence-corrected chi connectivity index (χ0v) is 14.7. The number of rotatable bonds is 5. The van der Waals surface area contributed by atoms with Crippen molar-refractivity contribution in [2.45, 2.75) is 51.2 Å². The first kappa shape index (κ1) is 16.8. The quantitative estimate of drug-likeness (QED) is 0.800. The summed E-state index contributed by atoms with van der Waals surface area (Å²) in [4.78, 5) is 4.09. The van der Waals surface area contributed by atoms with Gasteiger partial charge in [0.1, 0.15) is 0 Å². The normalized spacial score (nSPS) is 27.5. The third kappa shape index (κ3) is 3.89. The van der Waals surface area contributed by atoms with Crippen molar-refractivity contribution in [2.75, 3.05) is 0 Å². The Kier molecular flexibility index (Phi) is 4.97. The Hall–Kier alpha value is -1.07. The lowest BCUT2D eigenvalue weighted by molar-refractivity contribution is -0.186. The molecule has 1 saturated heterocycles. The smallest absolute Gasteiger partial charge is 0.187 e.